The maximum atomic E-state index is 14.3. The molecule has 4 aliphatic rings. The number of rotatable bonds is 9. The lowest BCUT2D eigenvalue weighted by Gasteiger charge is -2.33. The minimum absolute atomic E-state index is 0.0162. The van der Waals surface area contributed by atoms with Crippen LogP contribution in [0.2, 0.25) is 0 Å². The molecule has 242 valence electrons. The Balaban J connectivity index is 1.34. The zero-order valence-electron chi connectivity index (χ0n) is 25.1. The van der Waals surface area contributed by atoms with Gasteiger partial charge in [-0.15, -0.1) is 6.58 Å². The monoisotopic (exact) mass is 628 g/mol. The molecule has 0 spiro atoms. The molecule has 13 nitrogen and oxygen atoms in total. The molecular weight excluding hydrogens is 591 g/mol. The Morgan fingerprint density at radius 1 is 1.13 bits per heavy atom. The van der Waals surface area contributed by atoms with E-state index in [0.29, 0.717) is 24.0 Å². The van der Waals surface area contributed by atoms with Crippen LogP contribution in [0, 0.1) is 17.7 Å². The minimum Gasteiger partial charge on any atom is -0.479 e. The third kappa shape index (κ3) is 6.23. The van der Waals surface area contributed by atoms with Gasteiger partial charge in [0.15, 0.2) is 0 Å². The number of carboxylic acids is 1. The largest absolute Gasteiger partial charge is 0.479 e. The molecule has 0 bridgehead atoms. The van der Waals surface area contributed by atoms with E-state index in [2.05, 4.69) is 11.9 Å². The number of ether oxygens (including phenoxy) is 2. The predicted molar refractivity (Wildman–Crippen MR) is 154 cm³/mol. The van der Waals surface area contributed by atoms with Crippen LogP contribution in [0.15, 0.2) is 43.0 Å². The van der Waals surface area contributed by atoms with Crippen LogP contribution in [0.4, 0.5) is 14.0 Å². The first kappa shape index (κ1) is 31.9. The Morgan fingerprint density at radius 2 is 1.84 bits per heavy atom. The van der Waals surface area contributed by atoms with Crippen molar-refractivity contribution in [3.63, 3.8) is 0 Å². The lowest BCUT2D eigenvalue weighted by atomic mass is 10.0. The molecule has 4 amide bonds. The molecule has 14 heteroatoms. The first-order valence-corrected chi connectivity index (χ1v) is 14.9. The van der Waals surface area contributed by atoms with Gasteiger partial charge in [-0.3, -0.25) is 19.7 Å². The number of halogens is 1. The van der Waals surface area contributed by atoms with E-state index in [1.807, 2.05) is 12.2 Å². The van der Waals surface area contributed by atoms with Crippen LogP contribution in [-0.4, -0.2) is 91.5 Å². The van der Waals surface area contributed by atoms with Gasteiger partial charge in [0, 0.05) is 37.3 Å². The van der Waals surface area contributed by atoms with E-state index in [-0.39, 0.29) is 37.5 Å². The predicted octanol–water partition coefficient (Wildman–Crippen LogP) is 2.96. The summed E-state index contributed by atoms with van der Waals surface area (Å²) in [5, 5.41) is 23.4. The molecule has 1 aromatic rings. The Hall–Kier alpha value is -4.46. The number of carboxylic acid groups (broad SMARTS) is 1. The molecule has 1 saturated carbocycles. The number of nitrogens with one attached hydrogen (secondary N) is 1. The van der Waals surface area contributed by atoms with Crippen molar-refractivity contribution in [2.45, 2.75) is 82.5 Å². The van der Waals surface area contributed by atoms with E-state index < -0.39 is 77.5 Å². The van der Waals surface area contributed by atoms with E-state index in [4.69, 9.17) is 9.47 Å². The number of fused-ring (bicyclic) bond motifs is 1. The van der Waals surface area contributed by atoms with Crippen LogP contribution < -0.4 is 5.32 Å². The maximum absolute atomic E-state index is 14.3. The average molecular weight is 629 g/mol. The van der Waals surface area contributed by atoms with Gasteiger partial charge in [-0.05, 0) is 24.0 Å². The van der Waals surface area contributed by atoms with Gasteiger partial charge in [0.05, 0.1) is 13.1 Å². The van der Waals surface area contributed by atoms with E-state index >= 15 is 0 Å². The highest BCUT2D eigenvalue weighted by atomic mass is 19.1. The van der Waals surface area contributed by atoms with Crippen LogP contribution in [0.3, 0.4) is 0 Å². The second-order valence-corrected chi connectivity index (χ2v) is 12.3. The Bertz CT molecular complexity index is 1430. The second-order valence-electron chi connectivity index (χ2n) is 12.3. The minimum atomic E-state index is -1.59. The summed E-state index contributed by atoms with van der Waals surface area (Å²) in [6.07, 6.45) is 2.56. The number of aliphatic carboxylic acids is 1. The third-order valence-electron chi connectivity index (χ3n) is 8.89. The highest BCUT2D eigenvalue weighted by Gasteiger charge is 2.61. The van der Waals surface area contributed by atoms with Gasteiger partial charge in [-0.1, -0.05) is 44.2 Å². The van der Waals surface area contributed by atoms with Crippen LogP contribution >= 0.6 is 0 Å². The number of hydroxylamine groups is 2. The first-order chi connectivity index (χ1) is 21.4. The molecule has 0 aromatic heterocycles. The SMILES string of the molecule is C=C[C@@H]1CC1(NC(=O)[C@@H]1C[C@@H](OC(=O)N2Cc3cccc(F)c3C2)CN1C(=O)C(C(C)C)N(O)C(=O)OC1CC=CC1)C(=O)O. The maximum Gasteiger partial charge on any atom is 0.434 e. The fraction of sp³-hybridized carbons (Fsp3) is 0.516. The fourth-order valence-corrected chi connectivity index (χ4v) is 6.26. The van der Waals surface area contributed by atoms with Gasteiger partial charge in [0.2, 0.25) is 11.8 Å². The smallest absolute Gasteiger partial charge is 0.434 e. The van der Waals surface area contributed by atoms with Crippen molar-refractivity contribution in [1.29, 1.82) is 0 Å². The molecule has 1 aromatic carbocycles. The molecule has 2 aliphatic carbocycles. The van der Waals surface area contributed by atoms with Crippen LogP contribution in [0.5, 0.6) is 0 Å². The van der Waals surface area contributed by atoms with Gasteiger partial charge in [-0.25, -0.2) is 18.8 Å². The summed E-state index contributed by atoms with van der Waals surface area (Å²) in [4.78, 5) is 68.0. The molecular formula is C31H37FN4O9. The number of benzene rings is 1. The average Bonchev–Trinajstić information content (AvgIpc) is 3.39. The third-order valence-corrected chi connectivity index (χ3v) is 8.89. The van der Waals surface area contributed by atoms with E-state index in [0.717, 1.165) is 4.90 Å². The topological polar surface area (TPSA) is 166 Å². The van der Waals surface area contributed by atoms with Gasteiger partial charge >= 0.3 is 18.2 Å². The molecule has 45 heavy (non-hydrogen) atoms. The van der Waals surface area contributed by atoms with Crippen molar-refractivity contribution in [1.82, 2.24) is 20.2 Å². The molecule has 2 aliphatic heterocycles. The van der Waals surface area contributed by atoms with Gasteiger partial charge in [0.25, 0.3) is 0 Å². The second kappa shape index (κ2) is 12.5. The van der Waals surface area contributed by atoms with Crippen molar-refractivity contribution in [2.75, 3.05) is 6.54 Å². The van der Waals surface area contributed by atoms with Gasteiger partial charge in [-0.2, -0.15) is 5.06 Å². The van der Waals surface area contributed by atoms with Crippen molar-refractivity contribution < 1.29 is 48.2 Å². The number of likely N-dealkylation sites (tertiary alicyclic amines) is 1. The summed E-state index contributed by atoms with van der Waals surface area (Å²) in [5.74, 6) is -4.48. The van der Waals surface area contributed by atoms with E-state index in [1.165, 1.54) is 17.0 Å². The molecule has 1 saturated heterocycles. The highest BCUT2D eigenvalue weighted by molar-refractivity contribution is 5.96. The fourth-order valence-electron chi connectivity index (χ4n) is 6.26. The summed E-state index contributed by atoms with van der Waals surface area (Å²) < 4.78 is 25.3. The summed E-state index contributed by atoms with van der Waals surface area (Å²) in [6.45, 7) is 6.64. The number of carbonyl (C=O) groups excluding carboxylic acids is 4. The zero-order chi connectivity index (χ0) is 32.6. The first-order valence-electron chi connectivity index (χ1n) is 14.9. The van der Waals surface area contributed by atoms with Crippen molar-refractivity contribution in [3.8, 4) is 0 Å². The van der Waals surface area contributed by atoms with Crippen LogP contribution in [0.25, 0.3) is 0 Å². The van der Waals surface area contributed by atoms with Gasteiger partial charge < -0.3 is 24.8 Å². The number of hydrogen-bond acceptors (Lipinski definition) is 8. The summed E-state index contributed by atoms with van der Waals surface area (Å²) in [6, 6.07) is 1.78. The number of hydrogen-bond donors (Lipinski definition) is 3. The van der Waals surface area contributed by atoms with Crippen molar-refractivity contribution >= 4 is 30.0 Å². The normalized spacial score (nSPS) is 25.9. The van der Waals surface area contributed by atoms with Crippen LogP contribution in [0.1, 0.15) is 50.7 Å². The number of carbonyl (C=O) groups is 5. The van der Waals surface area contributed by atoms with E-state index in [9.17, 15) is 38.7 Å². The molecule has 0 radical (unpaired) electrons. The zero-order valence-corrected chi connectivity index (χ0v) is 25.1. The summed E-state index contributed by atoms with van der Waals surface area (Å²) >= 11 is 0. The Labute approximate surface area is 259 Å². The lowest BCUT2D eigenvalue weighted by molar-refractivity contribution is -0.164. The van der Waals surface area contributed by atoms with Crippen LogP contribution in [-0.2, 0) is 36.9 Å². The van der Waals surface area contributed by atoms with E-state index in [1.54, 1.807) is 26.0 Å². The quantitative estimate of drug-likeness (QED) is 0.212. The standard InChI is InChI=1S/C31H37FN4O9/c1-4-19-13-31(19,28(39)40)33-26(37)24-12-21(45-29(41)34-14-18-8-7-11-23(32)22(18)16-34)15-35(24)27(38)25(17(2)3)36(43)30(42)44-20-9-5-6-10-20/h4-8,11,17,19-21,24-25,43H,1,9-10,12-16H2,2-3H3,(H,33,37)(H,39,40)/t19-,21-,24+,25?,31?/m1/s1. The molecule has 2 heterocycles. The molecule has 2 fully saturated rings. The number of nitrogens with zero attached hydrogens (tertiary/aromatic N) is 3. The van der Waals surface area contributed by atoms with Crippen molar-refractivity contribution in [3.05, 3.63) is 60.0 Å². The summed E-state index contributed by atoms with van der Waals surface area (Å²) in [5.41, 5.74) is -0.582. The van der Waals surface area contributed by atoms with Crippen molar-refractivity contribution in [2.24, 2.45) is 11.8 Å². The highest BCUT2D eigenvalue weighted by Crippen LogP contribution is 2.45. The van der Waals surface area contributed by atoms with Gasteiger partial charge in [0.1, 0.15) is 35.6 Å². The Kier molecular flexibility index (Phi) is 8.88. The lowest BCUT2D eigenvalue weighted by Crippen LogP contribution is -2.58. The molecule has 5 rings (SSSR count). The number of amides is 4. The Morgan fingerprint density at radius 3 is 2.44 bits per heavy atom. The molecule has 2 unspecified atom stereocenters. The molecule has 3 N–H and O–H groups in total. The summed E-state index contributed by atoms with van der Waals surface area (Å²) in [7, 11) is 0. The molecule has 5 atom stereocenters.